The number of halogens is 3. The molecular weight excluding hydrogens is 355 g/mol. The Balaban J connectivity index is 1.65. The van der Waals surface area contributed by atoms with Gasteiger partial charge in [-0.15, -0.1) is 0 Å². The molecule has 1 aromatic heterocycles. The first kappa shape index (κ1) is 18.4. The van der Waals surface area contributed by atoms with Gasteiger partial charge < -0.3 is 10.6 Å². The lowest BCUT2D eigenvalue weighted by atomic mass is 10.1. The lowest BCUT2D eigenvalue weighted by molar-refractivity contribution is 0.102. The summed E-state index contributed by atoms with van der Waals surface area (Å²) < 4.78 is 39.8. The predicted molar refractivity (Wildman–Crippen MR) is 97.0 cm³/mol. The Morgan fingerprint density at radius 3 is 2.48 bits per heavy atom. The standard InChI is InChI=1S/C20H16F3N3O/c1-12-4-2-3-5-13(12)10-24-14-6-8-17(25-11-14)20(27)26-16-9-7-15(21)18(22)19(16)23/h2-9,11,24H,10H2,1H3,(H,26,27). The van der Waals surface area contributed by atoms with E-state index in [1.807, 2.05) is 31.2 Å². The molecule has 138 valence electrons. The number of rotatable bonds is 5. The van der Waals surface area contributed by atoms with Crippen LogP contribution in [0.15, 0.2) is 54.7 Å². The molecule has 4 nitrogen and oxygen atoms in total. The van der Waals surface area contributed by atoms with E-state index in [1.165, 1.54) is 12.3 Å². The number of aryl methyl sites for hydroxylation is 1. The highest BCUT2D eigenvalue weighted by Gasteiger charge is 2.16. The van der Waals surface area contributed by atoms with Crippen molar-refractivity contribution in [3.63, 3.8) is 0 Å². The van der Waals surface area contributed by atoms with Gasteiger partial charge in [0, 0.05) is 6.54 Å². The number of carbonyl (C=O) groups is 1. The van der Waals surface area contributed by atoms with Crippen LogP contribution in [-0.4, -0.2) is 10.9 Å². The fourth-order valence-electron chi connectivity index (χ4n) is 2.45. The second-order valence-corrected chi connectivity index (χ2v) is 5.89. The molecule has 1 heterocycles. The van der Waals surface area contributed by atoms with Gasteiger partial charge >= 0.3 is 0 Å². The molecule has 0 spiro atoms. The largest absolute Gasteiger partial charge is 0.380 e. The number of amides is 1. The Kier molecular flexibility index (Phi) is 5.40. The Morgan fingerprint density at radius 1 is 1.00 bits per heavy atom. The van der Waals surface area contributed by atoms with Gasteiger partial charge in [0.1, 0.15) is 5.69 Å². The maximum atomic E-state index is 13.6. The van der Waals surface area contributed by atoms with E-state index >= 15 is 0 Å². The highest BCUT2D eigenvalue weighted by Crippen LogP contribution is 2.20. The summed E-state index contributed by atoms with van der Waals surface area (Å²) in [7, 11) is 0. The van der Waals surface area contributed by atoms with E-state index in [-0.39, 0.29) is 5.69 Å². The van der Waals surface area contributed by atoms with Crippen LogP contribution in [0.3, 0.4) is 0 Å². The second-order valence-electron chi connectivity index (χ2n) is 5.89. The van der Waals surface area contributed by atoms with Crippen LogP contribution in [0.25, 0.3) is 0 Å². The molecule has 0 fully saturated rings. The van der Waals surface area contributed by atoms with E-state index < -0.39 is 29.0 Å². The van der Waals surface area contributed by atoms with Crippen molar-refractivity contribution in [2.75, 3.05) is 10.6 Å². The summed E-state index contributed by atoms with van der Waals surface area (Å²) >= 11 is 0. The van der Waals surface area contributed by atoms with Crippen molar-refractivity contribution >= 4 is 17.3 Å². The Morgan fingerprint density at radius 2 is 1.78 bits per heavy atom. The van der Waals surface area contributed by atoms with Crippen LogP contribution in [0.4, 0.5) is 24.5 Å². The number of aromatic nitrogens is 1. The minimum absolute atomic E-state index is 0.0144. The average molecular weight is 371 g/mol. The summed E-state index contributed by atoms with van der Waals surface area (Å²) in [5.41, 5.74) is 2.55. The van der Waals surface area contributed by atoms with Gasteiger partial charge in [-0.1, -0.05) is 24.3 Å². The van der Waals surface area contributed by atoms with Crippen LogP contribution >= 0.6 is 0 Å². The fraction of sp³-hybridized carbons (Fsp3) is 0.100. The molecule has 0 radical (unpaired) electrons. The SMILES string of the molecule is Cc1ccccc1CNc1ccc(C(=O)Nc2ccc(F)c(F)c2F)nc1. The van der Waals surface area contributed by atoms with E-state index in [1.54, 1.807) is 6.07 Å². The number of anilines is 2. The summed E-state index contributed by atoms with van der Waals surface area (Å²) in [6.45, 7) is 2.61. The highest BCUT2D eigenvalue weighted by molar-refractivity contribution is 6.03. The molecule has 0 aliphatic rings. The first-order chi connectivity index (χ1) is 13.0. The highest BCUT2D eigenvalue weighted by atomic mass is 19.2. The van der Waals surface area contributed by atoms with Gasteiger partial charge in [-0.05, 0) is 42.3 Å². The quantitative estimate of drug-likeness (QED) is 0.641. The number of pyridine rings is 1. The van der Waals surface area contributed by atoms with Gasteiger partial charge in [-0.3, -0.25) is 4.79 Å². The second kappa shape index (κ2) is 7.90. The summed E-state index contributed by atoms with van der Waals surface area (Å²) in [5, 5.41) is 5.37. The van der Waals surface area contributed by atoms with E-state index in [9.17, 15) is 18.0 Å². The molecule has 0 aliphatic carbocycles. The summed E-state index contributed by atoms with van der Waals surface area (Å²) in [6, 6.07) is 12.7. The van der Waals surface area contributed by atoms with Gasteiger partial charge in [-0.25, -0.2) is 18.2 Å². The van der Waals surface area contributed by atoms with E-state index in [0.717, 1.165) is 23.3 Å². The summed E-state index contributed by atoms with van der Waals surface area (Å²) in [4.78, 5) is 16.1. The summed E-state index contributed by atoms with van der Waals surface area (Å²) in [5.74, 6) is -5.16. The lowest BCUT2D eigenvalue weighted by Gasteiger charge is -2.10. The number of hydrogen-bond donors (Lipinski definition) is 2. The molecule has 0 saturated carbocycles. The van der Waals surface area contributed by atoms with Gasteiger partial charge in [0.25, 0.3) is 5.91 Å². The van der Waals surface area contributed by atoms with Crippen LogP contribution in [0, 0.1) is 24.4 Å². The van der Waals surface area contributed by atoms with Crippen LogP contribution in [0.2, 0.25) is 0 Å². The van der Waals surface area contributed by atoms with Crippen molar-refractivity contribution in [2.45, 2.75) is 13.5 Å². The smallest absolute Gasteiger partial charge is 0.274 e. The van der Waals surface area contributed by atoms with Crippen LogP contribution in [0.5, 0.6) is 0 Å². The first-order valence-electron chi connectivity index (χ1n) is 8.15. The van der Waals surface area contributed by atoms with Gasteiger partial charge in [-0.2, -0.15) is 0 Å². The van der Waals surface area contributed by atoms with Crippen molar-refractivity contribution in [1.82, 2.24) is 4.98 Å². The van der Waals surface area contributed by atoms with Crippen LogP contribution < -0.4 is 10.6 Å². The van der Waals surface area contributed by atoms with Gasteiger partial charge in [0.05, 0.1) is 17.6 Å². The molecule has 3 aromatic rings. The third kappa shape index (κ3) is 4.25. The van der Waals surface area contributed by atoms with Gasteiger partial charge in [0.15, 0.2) is 17.5 Å². The molecule has 0 saturated heterocycles. The first-order valence-corrected chi connectivity index (χ1v) is 8.15. The maximum Gasteiger partial charge on any atom is 0.274 e. The third-order valence-corrected chi connectivity index (χ3v) is 4.02. The number of benzene rings is 2. The minimum Gasteiger partial charge on any atom is -0.380 e. The molecule has 7 heteroatoms. The number of carbonyl (C=O) groups excluding carboxylic acids is 1. The minimum atomic E-state index is -1.64. The fourth-order valence-corrected chi connectivity index (χ4v) is 2.45. The zero-order chi connectivity index (χ0) is 19.4. The van der Waals surface area contributed by atoms with Crippen molar-refractivity contribution in [1.29, 1.82) is 0 Å². The van der Waals surface area contributed by atoms with Crippen molar-refractivity contribution in [3.8, 4) is 0 Å². The van der Waals surface area contributed by atoms with Crippen molar-refractivity contribution in [3.05, 3.63) is 89.0 Å². The topological polar surface area (TPSA) is 54.0 Å². The molecule has 0 aliphatic heterocycles. The number of nitrogens with zero attached hydrogens (tertiary/aromatic N) is 1. The Labute approximate surface area is 154 Å². The van der Waals surface area contributed by atoms with Crippen molar-refractivity contribution in [2.24, 2.45) is 0 Å². The molecule has 2 N–H and O–H groups in total. The van der Waals surface area contributed by atoms with E-state index in [2.05, 4.69) is 15.6 Å². The molecule has 3 rings (SSSR count). The zero-order valence-electron chi connectivity index (χ0n) is 14.4. The van der Waals surface area contributed by atoms with Crippen LogP contribution in [-0.2, 0) is 6.54 Å². The molecule has 27 heavy (non-hydrogen) atoms. The van der Waals surface area contributed by atoms with E-state index in [0.29, 0.717) is 12.2 Å². The number of nitrogens with one attached hydrogen (secondary N) is 2. The Hall–Kier alpha value is -3.35. The normalized spacial score (nSPS) is 10.5. The lowest BCUT2D eigenvalue weighted by Crippen LogP contribution is -2.15. The zero-order valence-corrected chi connectivity index (χ0v) is 14.4. The molecular formula is C20H16F3N3O. The van der Waals surface area contributed by atoms with Gasteiger partial charge in [0.2, 0.25) is 0 Å². The molecule has 1 amide bonds. The molecule has 0 unspecified atom stereocenters. The monoisotopic (exact) mass is 371 g/mol. The molecule has 0 atom stereocenters. The van der Waals surface area contributed by atoms with E-state index in [4.69, 9.17) is 0 Å². The third-order valence-electron chi connectivity index (χ3n) is 4.02. The van der Waals surface area contributed by atoms with Crippen LogP contribution in [0.1, 0.15) is 21.6 Å². The molecule has 2 aromatic carbocycles. The maximum absolute atomic E-state index is 13.6. The summed E-state index contributed by atoms with van der Waals surface area (Å²) in [6.07, 6.45) is 1.47. The average Bonchev–Trinajstić information content (AvgIpc) is 2.68. The number of hydrogen-bond acceptors (Lipinski definition) is 3. The Bertz CT molecular complexity index is 975. The van der Waals surface area contributed by atoms with Crippen molar-refractivity contribution < 1.29 is 18.0 Å². The molecule has 0 bridgehead atoms. The predicted octanol–water partition coefficient (Wildman–Crippen LogP) is 4.67.